The van der Waals surface area contributed by atoms with E-state index in [1.165, 1.54) is 7.11 Å². The van der Waals surface area contributed by atoms with Crippen LogP contribution in [0.25, 0.3) is 10.9 Å². The lowest BCUT2D eigenvalue weighted by Gasteiger charge is -2.36. The van der Waals surface area contributed by atoms with Crippen molar-refractivity contribution in [1.82, 2.24) is 15.3 Å². The number of aromatic amines is 1. The number of alkyl carbamates (subject to hydrolysis) is 1. The summed E-state index contributed by atoms with van der Waals surface area (Å²) in [5, 5.41) is 14.0. The lowest BCUT2D eigenvalue weighted by atomic mass is 9.83. The summed E-state index contributed by atoms with van der Waals surface area (Å²) in [6.07, 6.45) is -0.501. The number of nitrogens with zero attached hydrogens (tertiary/aromatic N) is 3. The predicted molar refractivity (Wildman–Crippen MR) is 128 cm³/mol. The van der Waals surface area contributed by atoms with Crippen molar-refractivity contribution in [3.05, 3.63) is 58.4 Å². The number of para-hydroxylation sites is 1. The van der Waals surface area contributed by atoms with Crippen molar-refractivity contribution in [1.29, 1.82) is 0 Å². The van der Waals surface area contributed by atoms with Crippen molar-refractivity contribution in [3.63, 3.8) is 0 Å². The third-order valence-electron chi connectivity index (χ3n) is 6.12. The molecule has 1 aromatic heterocycles. The van der Waals surface area contributed by atoms with Gasteiger partial charge in [0.05, 0.1) is 18.0 Å². The number of carbonyl (C=O) groups is 1. The van der Waals surface area contributed by atoms with Crippen LogP contribution in [0.15, 0.2) is 47.3 Å². The van der Waals surface area contributed by atoms with Gasteiger partial charge in [0.25, 0.3) is 5.56 Å². The lowest BCUT2D eigenvalue weighted by molar-refractivity contribution is 0.168. The zero-order valence-electron chi connectivity index (χ0n) is 19.1. The Bertz CT molecular complexity index is 1210. The summed E-state index contributed by atoms with van der Waals surface area (Å²) in [5.74, 6) is 0.767. The van der Waals surface area contributed by atoms with Gasteiger partial charge < -0.3 is 25.0 Å². The van der Waals surface area contributed by atoms with Gasteiger partial charge in [0, 0.05) is 55.5 Å². The van der Waals surface area contributed by atoms with Crippen LogP contribution in [0.5, 0.6) is 5.75 Å². The first kappa shape index (κ1) is 22.4. The molecular formula is C24H29N5O4. The maximum Gasteiger partial charge on any atom is 0.406 e. The molecule has 0 saturated carbocycles. The summed E-state index contributed by atoms with van der Waals surface area (Å²) in [7, 11) is 1.32. The molecule has 0 radical (unpaired) electrons. The van der Waals surface area contributed by atoms with Crippen LogP contribution < -0.4 is 20.7 Å². The molecule has 1 saturated heterocycles. The number of hydrogen-bond acceptors (Lipinski definition) is 7. The highest BCUT2D eigenvalue weighted by Crippen LogP contribution is 2.34. The molecular weight excluding hydrogens is 422 g/mol. The Morgan fingerprint density at radius 1 is 1.15 bits per heavy atom. The van der Waals surface area contributed by atoms with Crippen molar-refractivity contribution in [2.75, 3.05) is 49.6 Å². The molecule has 1 aliphatic heterocycles. The number of methoxy groups -OCH3 is 1. The second-order valence-corrected chi connectivity index (χ2v) is 8.81. The number of aromatic nitrogens is 2. The van der Waals surface area contributed by atoms with Gasteiger partial charge in [-0.15, -0.1) is 0 Å². The number of phenols is 1. The first-order valence-corrected chi connectivity index (χ1v) is 10.9. The molecule has 0 bridgehead atoms. The van der Waals surface area contributed by atoms with Gasteiger partial charge in [0.2, 0.25) is 5.95 Å². The third kappa shape index (κ3) is 4.72. The molecule has 2 heterocycles. The topological polar surface area (TPSA) is 111 Å². The molecule has 0 atom stereocenters. The summed E-state index contributed by atoms with van der Waals surface area (Å²) >= 11 is 0. The molecule has 174 valence electrons. The van der Waals surface area contributed by atoms with E-state index in [9.17, 15) is 14.7 Å². The summed E-state index contributed by atoms with van der Waals surface area (Å²) in [5.41, 5.74) is 1.75. The van der Waals surface area contributed by atoms with Gasteiger partial charge in [0.15, 0.2) is 0 Å². The Hall–Kier alpha value is -3.75. The van der Waals surface area contributed by atoms with Gasteiger partial charge in [-0.2, -0.15) is 0 Å². The van der Waals surface area contributed by atoms with E-state index in [0.717, 1.165) is 24.3 Å². The van der Waals surface area contributed by atoms with Crippen molar-refractivity contribution in [3.8, 4) is 5.75 Å². The minimum absolute atomic E-state index is 0.136. The zero-order valence-corrected chi connectivity index (χ0v) is 19.1. The van der Waals surface area contributed by atoms with E-state index in [4.69, 9.17) is 0 Å². The van der Waals surface area contributed by atoms with Crippen molar-refractivity contribution in [2.45, 2.75) is 19.3 Å². The molecule has 0 aliphatic carbocycles. The molecule has 0 spiro atoms. The van der Waals surface area contributed by atoms with Crippen LogP contribution in [0.4, 0.5) is 16.4 Å². The van der Waals surface area contributed by atoms with Crippen LogP contribution >= 0.6 is 0 Å². The maximum atomic E-state index is 12.4. The maximum absolute atomic E-state index is 12.4. The molecule has 1 amide bonds. The highest BCUT2D eigenvalue weighted by Gasteiger charge is 2.26. The Morgan fingerprint density at radius 2 is 1.85 bits per heavy atom. The minimum atomic E-state index is -0.501. The average molecular weight is 452 g/mol. The van der Waals surface area contributed by atoms with E-state index in [2.05, 4.69) is 29.8 Å². The second kappa shape index (κ2) is 9.01. The molecule has 9 heteroatoms. The lowest BCUT2D eigenvalue weighted by Crippen LogP contribution is -2.47. The van der Waals surface area contributed by atoms with Gasteiger partial charge in [0.1, 0.15) is 5.75 Å². The number of hydrogen-bond donors (Lipinski definition) is 3. The van der Waals surface area contributed by atoms with Crippen molar-refractivity contribution in [2.24, 2.45) is 0 Å². The first-order chi connectivity index (χ1) is 15.8. The van der Waals surface area contributed by atoms with Gasteiger partial charge in [-0.25, -0.2) is 9.78 Å². The molecule has 4 rings (SSSR count). The number of amides is 1. The van der Waals surface area contributed by atoms with Gasteiger partial charge in [-0.3, -0.25) is 9.78 Å². The number of benzene rings is 2. The predicted octanol–water partition coefficient (Wildman–Crippen LogP) is 2.59. The van der Waals surface area contributed by atoms with E-state index in [1.54, 1.807) is 12.1 Å². The molecule has 0 unspecified atom stereocenters. The first-order valence-electron chi connectivity index (χ1n) is 10.9. The number of piperazine rings is 1. The molecule has 1 aliphatic rings. The smallest absolute Gasteiger partial charge is 0.406 e. The molecule has 2 aromatic carbocycles. The van der Waals surface area contributed by atoms with E-state index < -0.39 is 11.5 Å². The van der Waals surface area contributed by atoms with E-state index in [0.29, 0.717) is 36.5 Å². The number of H-pyrrole nitrogens is 1. The standard InChI is InChI=1S/C24H29N5O4/c1-24(2,15-25-23(32)33-3)18-9-8-16(14-20(18)30)28-10-12-29(13-11-28)22-26-19-7-5-4-6-17(19)21(31)27-22/h4-9,14,30H,10-13,15H2,1-3H3,(H,25,32)(H,26,27,31). The Morgan fingerprint density at radius 3 is 2.55 bits per heavy atom. The fourth-order valence-corrected chi connectivity index (χ4v) is 4.15. The highest BCUT2D eigenvalue weighted by atomic mass is 16.5. The molecule has 1 fully saturated rings. The monoisotopic (exact) mass is 451 g/mol. The van der Waals surface area contributed by atoms with Crippen LogP contribution in [-0.4, -0.2) is 61.0 Å². The van der Waals surface area contributed by atoms with Gasteiger partial charge in [-0.05, 0) is 18.2 Å². The van der Waals surface area contributed by atoms with E-state index in [-0.39, 0.29) is 11.3 Å². The van der Waals surface area contributed by atoms with Crippen LogP contribution in [0, 0.1) is 0 Å². The number of aromatic hydroxyl groups is 1. The van der Waals surface area contributed by atoms with Crippen LogP contribution in [0.2, 0.25) is 0 Å². The summed E-state index contributed by atoms with van der Waals surface area (Å²) in [6.45, 7) is 7.08. The number of ether oxygens (including phenoxy) is 1. The largest absolute Gasteiger partial charge is 0.508 e. The minimum Gasteiger partial charge on any atom is -0.508 e. The molecule has 33 heavy (non-hydrogen) atoms. The number of fused-ring (bicyclic) bond motifs is 1. The number of nitrogens with one attached hydrogen (secondary N) is 2. The normalized spacial score (nSPS) is 14.4. The van der Waals surface area contributed by atoms with Crippen molar-refractivity contribution < 1.29 is 14.6 Å². The fraction of sp³-hybridized carbons (Fsp3) is 0.375. The van der Waals surface area contributed by atoms with Crippen LogP contribution in [0.1, 0.15) is 19.4 Å². The number of rotatable bonds is 5. The summed E-state index contributed by atoms with van der Waals surface area (Å²) < 4.78 is 4.63. The molecule has 3 N–H and O–H groups in total. The quantitative estimate of drug-likeness (QED) is 0.547. The molecule has 3 aromatic rings. The Labute approximate surface area is 192 Å². The number of phenolic OH excluding ortho intramolecular Hbond substituents is 1. The highest BCUT2D eigenvalue weighted by molar-refractivity contribution is 5.78. The number of carbonyl (C=O) groups excluding carboxylic acids is 1. The van der Waals surface area contributed by atoms with Gasteiger partial charge >= 0.3 is 6.09 Å². The number of anilines is 2. The average Bonchev–Trinajstić information content (AvgIpc) is 2.82. The zero-order chi connectivity index (χ0) is 23.6. The summed E-state index contributed by atoms with van der Waals surface area (Å²) in [6, 6.07) is 13.0. The summed E-state index contributed by atoms with van der Waals surface area (Å²) in [4.78, 5) is 35.6. The van der Waals surface area contributed by atoms with Gasteiger partial charge in [-0.1, -0.05) is 32.0 Å². The van der Waals surface area contributed by atoms with E-state index in [1.807, 2.05) is 44.2 Å². The SMILES string of the molecule is COC(=O)NCC(C)(C)c1ccc(N2CCN(c3nc4ccccc4c(=O)[nH]3)CC2)cc1O. The Balaban J connectivity index is 1.44. The van der Waals surface area contributed by atoms with Crippen LogP contribution in [0.3, 0.4) is 0 Å². The fourth-order valence-electron chi connectivity index (χ4n) is 4.15. The second-order valence-electron chi connectivity index (χ2n) is 8.81. The Kier molecular flexibility index (Phi) is 6.13. The van der Waals surface area contributed by atoms with Crippen LogP contribution in [-0.2, 0) is 10.2 Å². The third-order valence-corrected chi connectivity index (χ3v) is 6.12. The van der Waals surface area contributed by atoms with Crippen molar-refractivity contribution >= 4 is 28.6 Å². The molecule has 9 nitrogen and oxygen atoms in total. The van der Waals surface area contributed by atoms with E-state index >= 15 is 0 Å².